The molecule has 3 rings (SSSR count). The molecule has 0 saturated carbocycles. The maximum absolute atomic E-state index is 13.7. The van der Waals surface area contributed by atoms with Gasteiger partial charge in [-0.1, -0.05) is 24.3 Å². The van der Waals surface area contributed by atoms with E-state index in [0.29, 0.717) is 11.1 Å². The van der Waals surface area contributed by atoms with Crippen molar-refractivity contribution in [3.05, 3.63) is 35.4 Å². The van der Waals surface area contributed by atoms with Crippen LogP contribution in [0.2, 0.25) is 0 Å². The molecule has 2 bridgehead atoms. The van der Waals surface area contributed by atoms with E-state index in [1.54, 1.807) is 24.3 Å². The Hall–Kier alpha value is -3.27. The van der Waals surface area contributed by atoms with Crippen LogP contribution in [0.4, 0.5) is 0 Å². The van der Waals surface area contributed by atoms with Crippen LogP contribution >= 0.6 is 0 Å². The Balaban J connectivity index is 2.45. The summed E-state index contributed by atoms with van der Waals surface area (Å²) >= 11 is 0. The minimum absolute atomic E-state index is 0.355. The van der Waals surface area contributed by atoms with Crippen LogP contribution in [0.3, 0.4) is 0 Å². The van der Waals surface area contributed by atoms with Crippen molar-refractivity contribution < 1.29 is 48.0 Å². The highest BCUT2D eigenvalue weighted by atomic mass is 16.5. The van der Waals surface area contributed by atoms with Gasteiger partial charge in [0, 0.05) is 11.8 Å². The summed E-state index contributed by atoms with van der Waals surface area (Å²) in [5, 5.41) is 11.3. The van der Waals surface area contributed by atoms with Crippen LogP contribution < -0.4 is 0 Å². The van der Waals surface area contributed by atoms with Crippen LogP contribution in [0.15, 0.2) is 24.3 Å². The van der Waals surface area contributed by atoms with Gasteiger partial charge < -0.3 is 24.1 Å². The maximum Gasteiger partial charge on any atom is 0.316 e. The largest absolute Gasteiger partial charge is 0.469 e. The number of carbonyl (C=O) groups excluding carboxylic acids is 5. The first kappa shape index (κ1) is 23.4. The lowest BCUT2D eigenvalue weighted by Crippen LogP contribution is -2.53. The zero-order chi connectivity index (χ0) is 23.7. The van der Waals surface area contributed by atoms with Crippen LogP contribution in [0.5, 0.6) is 0 Å². The Morgan fingerprint density at radius 1 is 0.688 bits per heavy atom. The number of benzene rings is 1. The van der Waals surface area contributed by atoms with Gasteiger partial charge in [-0.3, -0.25) is 24.0 Å². The Labute approximate surface area is 183 Å². The first-order valence-electron chi connectivity index (χ1n) is 9.87. The molecule has 10 nitrogen and oxygen atoms in total. The predicted molar refractivity (Wildman–Crippen MR) is 105 cm³/mol. The molecule has 0 spiro atoms. The van der Waals surface area contributed by atoms with E-state index in [-0.39, 0.29) is 0 Å². The molecular weight excluding hydrogens is 424 g/mol. The molecule has 1 aromatic rings. The smallest absolute Gasteiger partial charge is 0.316 e. The van der Waals surface area contributed by atoms with Gasteiger partial charge in [0.15, 0.2) is 5.78 Å². The third-order valence-corrected chi connectivity index (χ3v) is 6.41. The fraction of sp³-hybridized carbons (Fsp3) is 0.500. The van der Waals surface area contributed by atoms with E-state index in [2.05, 4.69) is 0 Å². The minimum Gasteiger partial charge on any atom is -0.469 e. The first-order chi connectivity index (χ1) is 15.2. The molecular formula is C22H24O10. The quantitative estimate of drug-likeness (QED) is 0.379. The Bertz CT molecular complexity index is 881. The highest BCUT2D eigenvalue weighted by Gasteiger charge is 2.62. The molecule has 32 heavy (non-hydrogen) atoms. The molecule has 1 aromatic carbocycles. The molecule has 0 aliphatic heterocycles. The number of hydrogen-bond acceptors (Lipinski definition) is 10. The van der Waals surface area contributed by atoms with Crippen LogP contribution in [0.25, 0.3) is 0 Å². The average Bonchev–Trinajstić information content (AvgIpc) is 2.98. The van der Waals surface area contributed by atoms with Crippen molar-refractivity contribution >= 4 is 29.7 Å². The standard InChI is InChI=1S/C22H24O10/c1-29-19(25)13-11-9-7-5-6-8-10(9)12(15(17(13)23)21(27)31-3)16(22(28)32-4)18(24)14(11)20(26)30-2/h5-8,11-17,23H,1-4H3/t11-,12-,13-,14-,15+,16+,17?/m0/s1. The van der Waals surface area contributed by atoms with Crippen molar-refractivity contribution in [3.8, 4) is 0 Å². The number of methoxy groups -OCH3 is 4. The van der Waals surface area contributed by atoms with E-state index in [4.69, 9.17) is 18.9 Å². The second-order valence-electron chi connectivity index (χ2n) is 7.67. The fourth-order valence-electron chi connectivity index (χ4n) is 5.10. The number of ether oxygens (including phenoxy) is 4. The zero-order valence-electron chi connectivity index (χ0n) is 18.0. The number of ketones is 1. The molecule has 0 amide bonds. The summed E-state index contributed by atoms with van der Waals surface area (Å²) in [5.41, 5.74) is 0.710. The van der Waals surface area contributed by atoms with E-state index in [1.807, 2.05) is 0 Å². The van der Waals surface area contributed by atoms with E-state index in [0.717, 1.165) is 28.4 Å². The van der Waals surface area contributed by atoms with Crippen molar-refractivity contribution in [3.63, 3.8) is 0 Å². The summed E-state index contributed by atoms with van der Waals surface area (Å²) in [7, 11) is 4.32. The van der Waals surface area contributed by atoms with E-state index >= 15 is 0 Å². The number of Topliss-reactive ketones (excluding diaryl/α,β-unsaturated/α-hetero) is 1. The number of rotatable bonds is 4. The van der Waals surface area contributed by atoms with Crippen molar-refractivity contribution in [2.24, 2.45) is 23.7 Å². The molecule has 172 valence electrons. The lowest BCUT2D eigenvalue weighted by molar-refractivity contribution is -0.168. The summed E-state index contributed by atoms with van der Waals surface area (Å²) in [4.78, 5) is 65.0. The summed E-state index contributed by atoms with van der Waals surface area (Å²) in [6, 6.07) is 6.41. The number of carbonyl (C=O) groups is 5. The summed E-state index contributed by atoms with van der Waals surface area (Å²) in [6.07, 6.45) is -1.73. The predicted octanol–water partition coefficient (Wildman–Crippen LogP) is -0.0322. The molecule has 1 unspecified atom stereocenters. The lowest BCUT2D eigenvalue weighted by Gasteiger charge is -2.38. The number of esters is 4. The van der Waals surface area contributed by atoms with Crippen molar-refractivity contribution in [2.75, 3.05) is 28.4 Å². The van der Waals surface area contributed by atoms with Crippen LogP contribution in [0, 0.1) is 23.7 Å². The van der Waals surface area contributed by atoms with Gasteiger partial charge in [0.2, 0.25) is 0 Å². The van der Waals surface area contributed by atoms with Gasteiger partial charge in [-0.25, -0.2) is 0 Å². The van der Waals surface area contributed by atoms with Crippen molar-refractivity contribution in [1.82, 2.24) is 0 Å². The highest BCUT2D eigenvalue weighted by molar-refractivity contribution is 6.11. The van der Waals surface area contributed by atoms with Gasteiger partial charge in [0.25, 0.3) is 0 Å². The van der Waals surface area contributed by atoms with Gasteiger partial charge in [-0.15, -0.1) is 0 Å². The number of hydrogen-bond donors (Lipinski definition) is 1. The molecule has 1 N–H and O–H groups in total. The Kier molecular flexibility index (Phi) is 6.63. The summed E-state index contributed by atoms with van der Waals surface area (Å²) < 4.78 is 19.4. The zero-order valence-corrected chi connectivity index (χ0v) is 18.0. The maximum atomic E-state index is 13.7. The van der Waals surface area contributed by atoms with Crippen LogP contribution in [-0.2, 0) is 42.9 Å². The number of aliphatic hydroxyl groups excluding tert-OH is 1. The monoisotopic (exact) mass is 448 g/mol. The highest BCUT2D eigenvalue weighted by Crippen LogP contribution is 2.54. The molecule has 0 heterocycles. The second-order valence-corrected chi connectivity index (χ2v) is 7.67. The van der Waals surface area contributed by atoms with Gasteiger partial charge in [0.1, 0.15) is 11.8 Å². The molecule has 7 atom stereocenters. The molecule has 2 aliphatic carbocycles. The molecule has 0 aromatic heterocycles. The average molecular weight is 448 g/mol. The van der Waals surface area contributed by atoms with Crippen molar-refractivity contribution in [2.45, 2.75) is 17.9 Å². The van der Waals surface area contributed by atoms with Crippen molar-refractivity contribution in [1.29, 1.82) is 0 Å². The third kappa shape index (κ3) is 3.44. The Morgan fingerprint density at radius 3 is 1.34 bits per heavy atom. The van der Waals surface area contributed by atoms with Crippen LogP contribution in [-0.4, -0.2) is 69.3 Å². The minimum atomic E-state index is -1.73. The molecule has 0 radical (unpaired) electrons. The topological polar surface area (TPSA) is 142 Å². The van der Waals surface area contributed by atoms with Gasteiger partial charge in [0.05, 0.1) is 46.4 Å². The normalized spacial score (nSPS) is 30.9. The van der Waals surface area contributed by atoms with Gasteiger partial charge in [-0.05, 0) is 11.1 Å². The summed E-state index contributed by atoms with van der Waals surface area (Å²) in [5.74, 6) is -13.4. The molecule has 10 heteroatoms. The van der Waals surface area contributed by atoms with E-state index in [1.165, 1.54) is 0 Å². The number of aliphatic hydroxyl groups is 1. The van der Waals surface area contributed by atoms with Gasteiger partial charge in [-0.2, -0.15) is 0 Å². The second kappa shape index (κ2) is 9.07. The Morgan fingerprint density at radius 2 is 1.03 bits per heavy atom. The van der Waals surface area contributed by atoms with E-state index < -0.39 is 71.3 Å². The SMILES string of the molecule is COC(=O)[C@@H]1C(=O)[C@H](C(=O)OC)[C@H]2c3ccccc3[C@H]1[C@H](C(=O)OC)C(O)[C@@H]2C(=O)OC. The molecule has 0 saturated heterocycles. The fourth-order valence-corrected chi connectivity index (χ4v) is 5.10. The molecule has 0 fully saturated rings. The third-order valence-electron chi connectivity index (χ3n) is 6.41. The van der Waals surface area contributed by atoms with Gasteiger partial charge >= 0.3 is 23.9 Å². The lowest BCUT2D eigenvalue weighted by atomic mass is 9.65. The molecule has 2 aliphatic rings. The summed E-state index contributed by atoms with van der Waals surface area (Å²) in [6.45, 7) is 0. The van der Waals surface area contributed by atoms with Crippen LogP contribution in [0.1, 0.15) is 23.0 Å². The van der Waals surface area contributed by atoms with E-state index in [9.17, 15) is 29.1 Å². The first-order valence-corrected chi connectivity index (χ1v) is 9.87.